The van der Waals surface area contributed by atoms with Gasteiger partial charge in [0.1, 0.15) is 0 Å². The largest absolute Gasteiger partial charge is 0.378 e. The molecule has 0 aromatic heterocycles. The van der Waals surface area contributed by atoms with Crippen molar-refractivity contribution in [3.63, 3.8) is 0 Å². The van der Waals surface area contributed by atoms with E-state index in [-0.39, 0.29) is 0 Å². The van der Waals surface area contributed by atoms with Gasteiger partial charge in [0.15, 0.2) is 0 Å². The summed E-state index contributed by atoms with van der Waals surface area (Å²) in [5, 5.41) is 0. The lowest BCUT2D eigenvalue weighted by atomic mass is 9.95. The second-order valence-electron chi connectivity index (χ2n) is 6.12. The third kappa shape index (κ3) is 4.52. The van der Waals surface area contributed by atoms with E-state index in [1.54, 1.807) is 0 Å². The van der Waals surface area contributed by atoms with E-state index in [2.05, 4.69) is 23.8 Å². The van der Waals surface area contributed by atoms with Gasteiger partial charge in [0.2, 0.25) is 0 Å². The van der Waals surface area contributed by atoms with Crippen LogP contribution < -0.4 is 0 Å². The molecule has 0 aliphatic carbocycles. The Hall–Kier alpha value is -0.120. The van der Waals surface area contributed by atoms with Gasteiger partial charge in [-0.25, -0.2) is 0 Å². The second-order valence-corrected chi connectivity index (χ2v) is 6.12. The van der Waals surface area contributed by atoms with Crippen molar-refractivity contribution in [2.24, 2.45) is 5.92 Å². The average Bonchev–Trinajstić information content (AvgIpc) is 2.41. The summed E-state index contributed by atoms with van der Waals surface area (Å²) in [6, 6.07) is 0. The third-order valence-corrected chi connectivity index (χ3v) is 4.45. The van der Waals surface area contributed by atoms with Crippen molar-refractivity contribution in [3.8, 4) is 0 Å². The van der Waals surface area contributed by atoms with Gasteiger partial charge in [-0.15, -0.1) is 0 Å². The van der Waals surface area contributed by atoms with Crippen LogP contribution >= 0.6 is 0 Å². The normalized spacial score (nSPS) is 25.7. The molecule has 3 heteroatoms. The molecule has 0 radical (unpaired) electrons. The third-order valence-electron chi connectivity index (χ3n) is 4.45. The van der Waals surface area contributed by atoms with E-state index in [0.29, 0.717) is 6.10 Å². The van der Waals surface area contributed by atoms with Gasteiger partial charge in [-0.3, -0.25) is 0 Å². The molecule has 0 aromatic rings. The molecular weight excluding hydrogens is 224 g/mol. The van der Waals surface area contributed by atoms with Crippen LogP contribution in [0.4, 0.5) is 0 Å². The second kappa shape index (κ2) is 7.46. The van der Waals surface area contributed by atoms with Gasteiger partial charge in [0.05, 0.1) is 6.10 Å². The van der Waals surface area contributed by atoms with E-state index in [9.17, 15) is 0 Å². The Balaban J connectivity index is 1.61. The van der Waals surface area contributed by atoms with Crippen LogP contribution in [0.15, 0.2) is 0 Å². The number of rotatable bonds is 5. The Bertz CT molecular complexity index is 219. The lowest BCUT2D eigenvalue weighted by Crippen LogP contribution is -2.42. The Kier molecular flexibility index (Phi) is 5.93. The summed E-state index contributed by atoms with van der Waals surface area (Å²) in [5.41, 5.74) is 0. The van der Waals surface area contributed by atoms with Gasteiger partial charge in [-0.05, 0) is 58.2 Å². The zero-order chi connectivity index (χ0) is 12.8. The maximum absolute atomic E-state index is 5.85. The Morgan fingerprint density at radius 2 is 1.67 bits per heavy atom. The molecule has 0 atom stereocenters. The van der Waals surface area contributed by atoms with Crippen LogP contribution in [0, 0.1) is 5.92 Å². The van der Waals surface area contributed by atoms with E-state index < -0.39 is 0 Å². The standard InChI is InChI=1S/C15H30N2O/c1-3-12-18-15-6-10-17(11-7-15)13-14-4-8-16(2)9-5-14/h14-15H,3-13H2,1-2H3. The fourth-order valence-electron chi connectivity index (χ4n) is 3.15. The van der Waals surface area contributed by atoms with Gasteiger partial charge in [0.25, 0.3) is 0 Å². The Morgan fingerprint density at radius 1 is 1.00 bits per heavy atom. The van der Waals surface area contributed by atoms with Crippen molar-refractivity contribution in [2.75, 3.05) is 46.4 Å². The molecular formula is C15H30N2O. The highest BCUT2D eigenvalue weighted by Gasteiger charge is 2.23. The molecule has 0 amide bonds. The first-order valence-corrected chi connectivity index (χ1v) is 7.80. The number of likely N-dealkylation sites (tertiary alicyclic amines) is 2. The molecule has 0 bridgehead atoms. The average molecular weight is 254 g/mol. The molecule has 2 saturated heterocycles. The van der Waals surface area contributed by atoms with Crippen molar-refractivity contribution < 1.29 is 4.74 Å². The molecule has 0 N–H and O–H groups in total. The summed E-state index contributed by atoms with van der Waals surface area (Å²) in [7, 11) is 2.24. The first-order valence-electron chi connectivity index (χ1n) is 7.80. The van der Waals surface area contributed by atoms with Gasteiger partial charge in [0, 0.05) is 26.2 Å². The molecule has 106 valence electrons. The molecule has 2 aliphatic rings. The van der Waals surface area contributed by atoms with Gasteiger partial charge >= 0.3 is 0 Å². The zero-order valence-corrected chi connectivity index (χ0v) is 12.2. The van der Waals surface area contributed by atoms with Gasteiger partial charge < -0.3 is 14.5 Å². The molecule has 0 unspecified atom stereocenters. The predicted octanol–water partition coefficient (Wildman–Crippen LogP) is 2.22. The first kappa shape index (κ1) is 14.3. The van der Waals surface area contributed by atoms with Crippen LogP contribution in [-0.2, 0) is 4.74 Å². The lowest BCUT2D eigenvalue weighted by molar-refractivity contribution is 0.00301. The smallest absolute Gasteiger partial charge is 0.0599 e. The molecule has 2 aliphatic heterocycles. The monoisotopic (exact) mass is 254 g/mol. The molecule has 0 spiro atoms. The van der Waals surface area contributed by atoms with Crippen molar-refractivity contribution in [1.29, 1.82) is 0 Å². The lowest BCUT2D eigenvalue weighted by Gasteiger charge is -2.36. The number of nitrogens with zero attached hydrogens (tertiary/aromatic N) is 2. The molecule has 18 heavy (non-hydrogen) atoms. The summed E-state index contributed by atoms with van der Waals surface area (Å²) in [5.74, 6) is 0.939. The minimum absolute atomic E-state index is 0.540. The SMILES string of the molecule is CCCOC1CCN(CC2CCN(C)CC2)CC1. The fraction of sp³-hybridized carbons (Fsp3) is 1.00. The number of hydrogen-bond acceptors (Lipinski definition) is 3. The number of ether oxygens (including phenoxy) is 1. The summed E-state index contributed by atoms with van der Waals surface area (Å²) in [6.07, 6.45) is 6.96. The minimum atomic E-state index is 0.540. The van der Waals surface area contributed by atoms with E-state index in [4.69, 9.17) is 4.74 Å². The van der Waals surface area contributed by atoms with Gasteiger partial charge in [-0.1, -0.05) is 6.92 Å². The summed E-state index contributed by atoms with van der Waals surface area (Å²) in [4.78, 5) is 5.13. The maximum Gasteiger partial charge on any atom is 0.0599 e. The quantitative estimate of drug-likeness (QED) is 0.748. The van der Waals surface area contributed by atoms with E-state index in [0.717, 1.165) is 18.9 Å². The van der Waals surface area contributed by atoms with Crippen LogP contribution in [0.3, 0.4) is 0 Å². The first-order chi connectivity index (χ1) is 8.78. The molecule has 2 heterocycles. The highest BCUT2D eigenvalue weighted by molar-refractivity contribution is 4.77. The van der Waals surface area contributed by atoms with Crippen LogP contribution in [0.5, 0.6) is 0 Å². The maximum atomic E-state index is 5.85. The van der Waals surface area contributed by atoms with Crippen molar-refractivity contribution in [3.05, 3.63) is 0 Å². The van der Waals surface area contributed by atoms with E-state index >= 15 is 0 Å². The van der Waals surface area contributed by atoms with E-state index in [1.165, 1.54) is 58.4 Å². The topological polar surface area (TPSA) is 15.7 Å². The molecule has 0 aromatic carbocycles. The Morgan fingerprint density at radius 3 is 2.28 bits per heavy atom. The highest BCUT2D eigenvalue weighted by Crippen LogP contribution is 2.20. The van der Waals surface area contributed by atoms with E-state index in [1.807, 2.05) is 0 Å². The van der Waals surface area contributed by atoms with Crippen LogP contribution in [0.2, 0.25) is 0 Å². The fourth-order valence-corrected chi connectivity index (χ4v) is 3.15. The summed E-state index contributed by atoms with van der Waals surface area (Å²) >= 11 is 0. The molecule has 3 nitrogen and oxygen atoms in total. The zero-order valence-electron chi connectivity index (χ0n) is 12.2. The predicted molar refractivity (Wildman–Crippen MR) is 75.9 cm³/mol. The number of hydrogen-bond donors (Lipinski definition) is 0. The van der Waals surface area contributed by atoms with Crippen molar-refractivity contribution in [1.82, 2.24) is 9.80 Å². The molecule has 0 saturated carbocycles. The minimum Gasteiger partial charge on any atom is -0.378 e. The summed E-state index contributed by atoms with van der Waals surface area (Å²) < 4.78 is 5.85. The van der Waals surface area contributed by atoms with Crippen LogP contribution in [0.1, 0.15) is 39.0 Å². The van der Waals surface area contributed by atoms with Crippen molar-refractivity contribution >= 4 is 0 Å². The van der Waals surface area contributed by atoms with Gasteiger partial charge in [-0.2, -0.15) is 0 Å². The van der Waals surface area contributed by atoms with Crippen LogP contribution in [0.25, 0.3) is 0 Å². The highest BCUT2D eigenvalue weighted by atomic mass is 16.5. The summed E-state index contributed by atoms with van der Waals surface area (Å²) in [6.45, 7) is 9.55. The van der Waals surface area contributed by atoms with Crippen molar-refractivity contribution in [2.45, 2.75) is 45.1 Å². The number of piperidine rings is 2. The van der Waals surface area contributed by atoms with Crippen LogP contribution in [-0.4, -0.2) is 62.3 Å². The Labute approximate surface area is 112 Å². The molecule has 2 fully saturated rings. The molecule has 2 rings (SSSR count).